The minimum atomic E-state index is -0.0893. The van der Waals surface area contributed by atoms with Crippen LogP contribution in [0.25, 0.3) is 0 Å². The van der Waals surface area contributed by atoms with Gasteiger partial charge in [0.1, 0.15) is 0 Å². The maximum atomic E-state index is 11.8. The van der Waals surface area contributed by atoms with Crippen molar-refractivity contribution >= 4 is 17.5 Å². The zero-order valence-electron chi connectivity index (χ0n) is 9.71. The predicted octanol–water partition coefficient (Wildman–Crippen LogP) is 2.21. The minimum Gasteiger partial charge on any atom is -0.352 e. The maximum absolute atomic E-state index is 11.8. The number of hydrogen-bond donors (Lipinski definition) is 2. The minimum absolute atomic E-state index is 0.0893. The molecule has 1 heterocycles. The molecule has 1 saturated heterocycles. The first-order valence-corrected chi connectivity index (χ1v) is 6.41. The standard InChI is InChI=1S/C13H17ClN2O/c14-12-6-2-1-5-11(12)13(17)16-9-7-10-4-3-8-15-10/h1-2,5-6,10,15H,3-4,7-9H2,(H,16,17)/t10-/m1/s1. The Labute approximate surface area is 107 Å². The van der Waals surface area contributed by atoms with Gasteiger partial charge in [-0.2, -0.15) is 0 Å². The zero-order chi connectivity index (χ0) is 12.1. The molecule has 3 nitrogen and oxygen atoms in total. The fourth-order valence-corrected chi connectivity index (χ4v) is 2.33. The number of benzene rings is 1. The Morgan fingerprint density at radius 3 is 3.00 bits per heavy atom. The van der Waals surface area contributed by atoms with E-state index in [-0.39, 0.29) is 5.91 Å². The molecule has 17 heavy (non-hydrogen) atoms. The number of nitrogens with one attached hydrogen (secondary N) is 2. The molecule has 0 aliphatic carbocycles. The van der Waals surface area contributed by atoms with Crippen molar-refractivity contribution in [3.8, 4) is 0 Å². The van der Waals surface area contributed by atoms with Gasteiger partial charge in [-0.15, -0.1) is 0 Å². The van der Waals surface area contributed by atoms with E-state index in [1.165, 1.54) is 12.8 Å². The first kappa shape index (κ1) is 12.4. The van der Waals surface area contributed by atoms with Crippen LogP contribution in [0.15, 0.2) is 24.3 Å². The molecule has 0 unspecified atom stereocenters. The molecule has 1 aromatic carbocycles. The van der Waals surface area contributed by atoms with Crippen LogP contribution in [0.1, 0.15) is 29.6 Å². The molecule has 0 radical (unpaired) electrons. The van der Waals surface area contributed by atoms with Crippen molar-refractivity contribution in [1.29, 1.82) is 0 Å². The van der Waals surface area contributed by atoms with Crippen molar-refractivity contribution in [1.82, 2.24) is 10.6 Å². The molecular weight excluding hydrogens is 236 g/mol. The summed E-state index contributed by atoms with van der Waals surface area (Å²) in [6.07, 6.45) is 3.43. The predicted molar refractivity (Wildman–Crippen MR) is 69.4 cm³/mol. The summed E-state index contributed by atoms with van der Waals surface area (Å²) in [5, 5.41) is 6.81. The molecule has 1 fully saturated rings. The Morgan fingerprint density at radius 2 is 2.29 bits per heavy atom. The average molecular weight is 253 g/mol. The second-order valence-corrected chi connectivity index (χ2v) is 4.72. The monoisotopic (exact) mass is 252 g/mol. The SMILES string of the molecule is O=C(NCC[C@H]1CCCN1)c1ccccc1Cl. The van der Waals surface area contributed by atoms with Crippen molar-refractivity contribution in [2.24, 2.45) is 0 Å². The van der Waals surface area contributed by atoms with Crippen LogP contribution in [-0.4, -0.2) is 25.0 Å². The molecule has 1 amide bonds. The number of halogens is 1. The van der Waals surface area contributed by atoms with Gasteiger partial charge >= 0.3 is 0 Å². The summed E-state index contributed by atoms with van der Waals surface area (Å²) < 4.78 is 0. The Bertz CT molecular complexity index is 389. The summed E-state index contributed by atoms with van der Waals surface area (Å²) in [7, 11) is 0. The normalized spacial score (nSPS) is 19.2. The lowest BCUT2D eigenvalue weighted by Crippen LogP contribution is -2.30. The molecule has 1 aliphatic rings. The van der Waals surface area contributed by atoms with Crippen LogP contribution in [0, 0.1) is 0 Å². The second kappa shape index (κ2) is 6.03. The molecule has 1 aliphatic heterocycles. The molecule has 92 valence electrons. The third-order valence-corrected chi connectivity index (χ3v) is 3.39. The van der Waals surface area contributed by atoms with E-state index in [4.69, 9.17) is 11.6 Å². The van der Waals surface area contributed by atoms with Gasteiger partial charge in [-0.05, 0) is 37.9 Å². The topological polar surface area (TPSA) is 41.1 Å². The Kier molecular flexibility index (Phi) is 4.40. The van der Waals surface area contributed by atoms with Gasteiger partial charge in [0.25, 0.3) is 5.91 Å². The van der Waals surface area contributed by atoms with Crippen LogP contribution in [-0.2, 0) is 0 Å². The van der Waals surface area contributed by atoms with Crippen LogP contribution >= 0.6 is 11.6 Å². The van der Waals surface area contributed by atoms with E-state index in [0.717, 1.165) is 13.0 Å². The highest BCUT2D eigenvalue weighted by Gasteiger charge is 2.14. The van der Waals surface area contributed by atoms with E-state index < -0.39 is 0 Å². The highest BCUT2D eigenvalue weighted by atomic mass is 35.5. The van der Waals surface area contributed by atoms with Gasteiger partial charge in [-0.3, -0.25) is 4.79 Å². The summed E-state index contributed by atoms with van der Waals surface area (Å²) in [6, 6.07) is 7.67. The van der Waals surface area contributed by atoms with Gasteiger partial charge in [-0.1, -0.05) is 23.7 Å². The molecule has 0 saturated carbocycles. The summed E-state index contributed by atoms with van der Waals surface area (Å²) in [4.78, 5) is 11.8. The van der Waals surface area contributed by atoms with Gasteiger partial charge in [-0.25, -0.2) is 0 Å². The van der Waals surface area contributed by atoms with E-state index in [9.17, 15) is 4.79 Å². The van der Waals surface area contributed by atoms with Crippen LogP contribution in [0.3, 0.4) is 0 Å². The number of rotatable bonds is 4. The lowest BCUT2D eigenvalue weighted by Gasteiger charge is -2.11. The quantitative estimate of drug-likeness (QED) is 0.863. The third kappa shape index (κ3) is 3.45. The molecule has 0 aromatic heterocycles. The van der Waals surface area contributed by atoms with Gasteiger partial charge in [0.05, 0.1) is 10.6 Å². The van der Waals surface area contributed by atoms with Crippen molar-refractivity contribution < 1.29 is 4.79 Å². The summed E-state index contributed by atoms with van der Waals surface area (Å²) in [6.45, 7) is 1.80. The summed E-state index contributed by atoms with van der Waals surface area (Å²) in [5.41, 5.74) is 0.550. The highest BCUT2D eigenvalue weighted by molar-refractivity contribution is 6.33. The first-order chi connectivity index (χ1) is 8.27. The summed E-state index contributed by atoms with van der Waals surface area (Å²) >= 11 is 5.95. The molecule has 2 N–H and O–H groups in total. The molecule has 4 heteroatoms. The van der Waals surface area contributed by atoms with Crippen molar-refractivity contribution in [3.05, 3.63) is 34.9 Å². The van der Waals surface area contributed by atoms with Crippen LogP contribution < -0.4 is 10.6 Å². The second-order valence-electron chi connectivity index (χ2n) is 4.32. The molecule has 1 atom stereocenters. The van der Waals surface area contributed by atoms with Gasteiger partial charge in [0, 0.05) is 12.6 Å². The van der Waals surface area contributed by atoms with Crippen LogP contribution in [0.5, 0.6) is 0 Å². The molecule has 0 spiro atoms. The molecule has 0 bridgehead atoms. The van der Waals surface area contributed by atoms with Crippen LogP contribution in [0.2, 0.25) is 5.02 Å². The molecule has 2 rings (SSSR count). The summed E-state index contributed by atoms with van der Waals surface area (Å²) in [5.74, 6) is -0.0893. The number of carbonyl (C=O) groups is 1. The van der Waals surface area contributed by atoms with Crippen molar-refractivity contribution in [2.45, 2.75) is 25.3 Å². The van der Waals surface area contributed by atoms with Crippen LogP contribution in [0.4, 0.5) is 0 Å². The smallest absolute Gasteiger partial charge is 0.252 e. The zero-order valence-corrected chi connectivity index (χ0v) is 10.5. The van der Waals surface area contributed by atoms with E-state index >= 15 is 0 Å². The fourth-order valence-electron chi connectivity index (χ4n) is 2.10. The third-order valence-electron chi connectivity index (χ3n) is 3.06. The number of hydrogen-bond acceptors (Lipinski definition) is 2. The van der Waals surface area contributed by atoms with E-state index in [0.29, 0.717) is 23.2 Å². The first-order valence-electron chi connectivity index (χ1n) is 6.03. The number of carbonyl (C=O) groups excluding carboxylic acids is 1. The van der Waals surface area contributed by atoms with Crippen molar-refractivity contribution in [2.75, 3.05) is 13.1 Å². The molecular formula is C13H17ClN2O. The number of amides is 1. The van der Waals surface area contributed by atoms with E-state index in [1.807, 2.05) is 12.1 Å². The maximum Gasteiger partial charge on any atom is 0.252 e. The Hall–Kier alpha value is -1.06. The fraction of sp³-hybridized carbons (Fsp3) is 0.462. The largest absolute Gasteiger partial charge is 0.352 e. The Morgan fingerprint density at radius 1 is 1.47 bits per heavy atom. The van der Waals surface area contributed by atoms with Gasteiger partial charge < -0.3 is 10.6 Å². The average Bonchev–Trinajstić information content (AvgIpc) is 2.82. The lowest BCUT2D eigenvalue weighted by molar-refractivity contribution is 0.0952. The Balaban J connectivity index is 1.79. The van der Waals surface area contributed by atoms with Gasteiger partial charge in [0.2, 0.25) is 0 Å². The van der Waals surface area contributed by atoms with Gasteiger partial charge in [0.15, 0.2) is 0 Å². The lowest BCUT2D eigenvalue weighted by atomic mass is 10.1. The highest BCUT2D eigenvalue weighted by Crippen LogP contribution is 2.14. The van der Waals surface area contributed by atoms with E-state index in [2.05, 4.69) is 10.6 Å². The van der Waals surface area contributed by atoms with Crippen molar-refractivity contribution in [3.63, 3.8) is 0 Å². The van der Waals surface area contributed by atoms with E-state index in [1.54, 1.807) is 12.1 Å². The molecule has 1 aromatic rings.